The van der Waals surface area contributed by atoms with Crippen molar-refractivity contribution in [2.45, 2.75) is 13.3 Å². The number of nitrogens with one attached hydrogen (secondary N) is 1. The van der Waals surface area contributed by atoms with Crippen molar-refractivity contribution in [2.75, 3.05) is 5.32 Å². The number of carboxylic acids is 1. The van der Waals surface area contributed by atoms with Crippen molar-refractivity contribution in [1.29, 1.82) is 0 Å². The zero-order valence-electron chi connectivity index (χ0n) is 8.38. The highest BCUT2D eigenvalue weighted by Crippen LogP contribution is 2.29. The minimum atomic E-state index is -1.02. The third-order valence-electron chi connectivity index (χ3n) is 1.79. The van der Waals surface area contributed by atoms with Gasteiger partial charge in [0.25, 0.3) is 0 Å². The van der Waals surface area contributed by atoms with Gasteiger partial charge in [0, 0.05) is 28.2 Å². The van der Waals surface area contributed by atoms with Gasteiger partial charge in [-0.1, -0.05) is 23.2 Å². The Kier molecular flexibility index (Phi) is 4.15. The van der Waals surface area contributed by atoms with Crippen molar-refractivity contribution >= 4 is 40.8 Å². The molecule has 6 heteroatoms. The Morgan fingerprint density at radius 3 is 2.19 bits per heavy atom. The highest BCUT2D eigenvalue weighted by atomic mass is 35.5. The Morgan fingerprint density at radius 1 is 1.31 bits per heavy atom. The van der Waals surface area contributed by atoms with Crippen LogP contribution < -0.4 is 5.32 Å². The summed E-state index contributed by atoms with van der Waals surface area (Å²) >= 11 is 11.7. The van der Waals surface area contributed by atoms with Gasteiger partial charge in [-0.05, 0) is 12.1 Å². The second-order valence-electron chi connectivity index (χ2n) is 3.17. The molecule has 0 spiro atoms. The highest BCUT2D eigenvalue weighted by molar-refractivity contribution is 6.36. The van der Waals surface area contributed by atoms with Gasteiger partial charge in [0.2, 0.25) is 5.91 Å². The van der Waals surface area contributed by atoms with Crippen LogP contribution in [0.1, 0.15) is 12.5 Å². The molecule has 0 aliphatic heterocycles. The topological polar surface area (TPSA) is 66.4 Å². The number of amides is 1. The van der Waals surface area contributed by atoms with Gasteiger partial charge in [-0.3, -0.25) is 9.59 Å². The number of rotatable bonds is 3. The van der Waals surface area contributed by atoms with E-state index in [-0.39, 0.29) is 22.4 Å². The maximum absolute atomic E-state index is 10.8. The van der Waals surface area contributed by atoms with Gasteiger partial charge in [0.1, 0.15) is 0 Å². The van der Waals surface area contributed by atoms with Crippen molar-refractivity contribution in [2.24, 2.45) is 0 Å². The predicted octanol–water partition coefficient (Wildman–Crippen LogP) is 2.58. The number of aliphatic carboxylic acids is 1. The first-order chi connectivity index (χ1) is 7.40. The van der Waals surface area contributed by atoms with Crippen LogP contribution in [0, 0.1) is 0 Å². The molecule has 1 aromatic rings. The van der Waals surface area contributed by atoms with Crippen LogP contribution in [-0.4, -0.2) is 17.0 Å². The first-order valence-electron chi connectivity index (χ1n) is 4.37. The summed E-state index contributed by atoms with van der Waals surface area (Å²) in [6.45, 7) is 1.35. The minimum absolute atomic E-state index is 0.221. The average molecular weight is 262 g/mol. The van der Waals surface area contributed by atoms with Crippen LogP contribution in [-0.2, 0) is 16.0 Å². The lowest BCUT2D eigenvalue weighted by atomic mass is 10.1. The average Bonchev–Trinajstić information content (AvgIpc) is 2.10. The van der Waals surface area contributed by atoms with E-state index < -0.39 is 5.97 Å². The van der Waals surface area contributed by atoms with Gasteiger partial charge in [0.15, 0.2) is 0 Å². The van der Waals surface area contributed by atoms with Crippen molar-refractivity contribution < 1.29 is 14.7 Å². The Morgan fingerprint density at radius 2 is 1.81 bits per heavy atom. The number of hydrogen-bond acceptors (Lipinski definition) is 2. The fourth-order valence-electron chi connectivity index (χ4n) is 1.20. The molecule has 86 valence electrons. The van der Waals surface area contributed by atoms with Crippen LogP contribution in [0.2, 0.25) is 10.0 Å². The fraction of sp³-hybridized carbons (Fsp3) is 0.200. The third kappa shape index (κ3) is 3.40. The van der Waals surface area contributed by atoms with Crippen LogP contribution in [0.4, 0.5) is 5.69 Å². The zero-order valence-corrected chi connectivity index (χ0v) is 9.89. The molecule has 1 amide bonds. The van der Waals surface area contributed by atoms with Gasteiger partial charge in [-0.2, -0.15) is 0 Å². The van der Waals surface area contributed by atoms with Crippen LogP contribution in [0.15, 0.2) is 12.1 Å². The first kappa shape index (κ1) is 12.8. The van der Waals surface area contributed by atoms with Gasteiger partial charge in [-0.15, -0.1) is 0 Å². The van der Waals surface area contributed by atoms with E-state index >= 15 is 0 Å². The second-order valence-corrected chi connectivity index (χ2v) is 3.98. The van der Waals surface area contributed by atoms with Crippen LogP contribution in [0.5, 0.6) is 0 Å². The number of carbonyl (C=O) groups is 2. The molecule has 0 unspecified atom stereocenters. The number of carboxylic acid groups (broad SMARTS) is 1. The monoisotopic (exact) mass is 261 g/mol. The van der Waals surface area contributed by atoms with Crippen molar-refractivity contribution in [1.82, 2.24) is 0 Å². The Hall–Kier alpha value is -1.26. The summed E-state index contributed by atoms with van der Waals surface area (Å²) in [4.78, 5) is 21.4. The molecule has 1 aromatic carbocycles. The first-order valence-corrected chi connectivity index (χ1v) is 5.13. The second kappa shape index (κ2) is 5.18. The van der Waals surface area contributed by atoms with E-state index in [9.17, 15) is 9.59 Å². The molecule has 0 radical (unpaired) electrons. The zero-order chi connectivity index (χ0) is 12.3. The number of carbonyl (C=O) groups excluding carboxylic acids is 1. The summed E-state index contributed by atoms with van der Waals surface area (Å²) in [6, 6.07) is 2.93. The van der Waals surface area contributed by atoms with Crippen molar-refractivity contribution in [3.63, 3.8) is 0 Å². The Bertz CT molecular complexity index is 423. The maximum Gasteiger partial charge on any atom is 0.307 e. The number of halogens is 2. The standard InChI is InChI=1S/C10H9Cl2NO3/c1-5(14)13-6-2-8(11)7(4-10(15)16)9(12)3-6/h2-3H,4H2,1H3,(H,13,14)(H,15,16). The van der Waals surface area contributed by atoms with E-state index in [1.165, 1.54) is 19.1 Å². The van der Waals surface area contributed by atoms with Crippen LogP contribution in [0.25, 0.3) is 0 Å². The van der Waals surface area contributed by atoms with Gasteiger partial charge in [0.05, 0.1) is 6.42 Å². The lowest BCUT2D eigenvalue weighted by molar-refractivity contribution is -0.136. The third-order valence-corrected chi connectivity index (χ3v) is 2.46. The number of anilines is 1. The number of benzene rings is 1. The molecule has 0 bridgehead atoms. The largest absolute Gasteiger partial charge is 0.481 e. The highest BCUT2D eigenvalue weighted by Gasteiger charge is 2.12. The lowest BCUT2D eigenvalue weighted by Crippen LogP contribution is -2.07. The molecule has 0 atom stereocenters. The van der Waals surface area contributed by atoms with E-state index in [4.69, 9.17) is 28.3 Å². The number of hydrogen-bond donors (Lipinski definition) is 2. The molecule has 2 N–H and O–H groups in total. The Balaban J connectivity index is 3.06. The normalized spacial score (nSPS) is 9.94. The Labute approximate surface area is 102 Å². The van der Waals surface area contributed by atoms with Crippen molar-refractivity contribution in [3.8, 4) is 0 Å². The lowest BCUT2D eigenvalue weighted by Gasteiger charge is -2.08. The summed E-state index contributed by atoms with van der Waals surface area (Å²) in [5.74, 6) is -1.27. The summed E-state index contributed by atoms with van der Waals surface area (Å²) in [6.07, 6.45) is -0.252. The van der Waals surface area contributed by atoms with E-state index in [1.807, 2.05) is 0 Å². The molecule has 16 heavy (non-hydrogen) atoms. The summed E-state index contributed by atoms with van der Waals surface area (Å²) in [5, 5.41) is 11.6. The molecule has 4 nitrogen and oxygen atoms in total. The molecule has 0 aliphatic rings. The van der Waals surface area contributed by atoms with Crippen molar-refractivity contribution in [3.05, 3.63) is 27.7 Å². The fourth-order valence-corrected chi connectivity index (χ4v) is 1.82. The van der Waals surface area contributed by atoms with Crippen LogP contribution >= 0.6 is 23.2 Å². The molecule has 0 aromatic heterocycles. The molecule has 0 aliphatic carbocycles. The smallest absolute Gasteiger partial charge is 0.307 e. The molecular formula is C10H9Cl2NO3. The summed E-state index contributed by atoms with van der Waals surface area (Å²) in [5.41, 5.74) is 0.779. The SMILES string of the molecule is CC(=O)Nc1cc(Cl)c(CC(=O)O)c(Cl)c1. The quantitative estimate of drug-likeness (QED) is 0.879. The maximum atomic E-state index is 10.8. The summed E-state index contributed by atoms with van der Waals surface area (Å²) in [7, 11) is 0. The minimum Gasteiger partial charge on any atom is -0.481 e. The van der Waals surface area contributed by atoms with E-state index in [2.05, 4.69) is 5.32 Å². The van der Waals surface area contributed by atoms with Gasteiger partial charge in [-0.25, -0.2) is 0 Å². The summed E-state index contributed by atoms with van der Waals surface area (Å²) < 4.78 is 0. The van der Waals surface area contributed by atoms with E-state index in [0.717, 1.165) is 0 Å². The molecule has 0 heterocycles. The molecule has 1 rings (SSSR count). The molecule has 0 fully saturated rings. The van der Waals surface area contributed by atoms with E-state index in [0.29, 0.717) is 11.3 Å². The van der Waals surface area contributed by atoms with Gasteiger partial charge >= 0.3 is 5.97 Å². The molecule has 0 saturated carbocycles. The molecular weight excluding hydrogens is 253 g/mol. The predicted molar refractivity (Wildman–Crippen MR) is 62.1 cm³/mol. The van der Waals surface area contributed by atoms with Gasteiger partial charge < -0.3 is 10.4 Å². The van der Waals surface area contributed by atoms with Crippen LogP contribution in [0.3, 0.4) is 0 Å². The molecule has 0 saturated heterocycles. The van der Waals surface area contributed by atoms with E-state index in [1.54, 1.807) is 0 Å².